The molecule has 1 N–H and O–H groups in total. The number of hydrogen-bond acceptors (Lipinski definition) is 5. The summed E-state index contributed by atoms with van der Waals surface area (Å²) >= 11 is 0. The van der Waals surface area contributed by atoms with Crippen LogP contribution >= 0.6 is 0 Å². The van der Waals surface area contributed by atoms with Gasteiger partial charge in [-0.25, -0.2) is 9.07 Å². The lowest BCUT2D eigenvalue weighted by Gasteiger charge is -2.17. The Morgan fingerprint density at radius 1 is 0.914 bits per heavy atom. The number of ether oxygens (including phenoxy) is 2. The van der Waals surface area contributed by atoms with Crippen molar-refractivity contribution in [3.05, 3.63) is 105 Å². The van der Waals surface area contributed by atoms with E-state index in [2.05, 4.69) is 5.10 Å². The van der Waals surface area contributed by atoms with Crippen LogP contribution in [0.2, 0.25) is 0 Å². The SMILES string of the molecule is COc1cc(Cn2nc(C)c(-c3cccc(F)c3O)c(CCc3ccccc3)c2=O)cc(OC)c1. The van der Waals surface area contributed by atoms with Crippen LogP contribution in [0.3, 0.4) is 0 Å². The molecule has 0 amide bonds. The average molecular weight is 475 g/mol. The van der Waals surface area contributed by atoms with Gasteiger partial charge in [-0.1, -0.05) is 42.5 Å². The number of aromatic nitrogens is 2. The van der Waals surface area contributed by atoms with Gasteiger partial charge in [0.05, 0.1) is 26.5 Å². The fraction of sp³-hybridized carbons (Fsp3) is 0.214. The molecule has 0 aliphatic carbocycles. The van der Waals surface area contributed by atoms with E-state index in [4.69, 9.17) is 9.47 Å². The van der Waals surface area contributed by atoms with E-state index in [1.165, 1.54) is 16.8 Å². The fourth-order valence-electron chi connectivity index (χ4n) is 4.22. The van der Waals surface area contributed by atoms with Crippen molar-refractivity contribution in [1.82, 2.24) is 9.78 Å². The Labute approximate surface area is 203 Å². The molecule has 1 heterocycles. The zero-order valence-electron chi connectivity index (χ0n) is 19.9. The number of para-hydroxylation sites is 1. The van der Waals surface area contributed by atoms with Crippen LogP contribution in [0.25, 0.3) is 11.1 Å². The molecule has 0 fully saturated rings. The molecule has 0 saturated carbocycles. The summed E-state index contributed by atoms with van der Waals surface area (Å²) in [7, 11) is 3.13. The van der Waals surface area contributed by atoms with Crippen molar-refractivity contribution < 1.29 is 19.0 Å². The molecule has 3 aromatic carbocycles. The van der Waals surface area contributed by atoms with Crippen molar-refractivity contribution in [1.29, 1.82) is 0 Å². The molecule has 6 nitrogen and oxygen atoms in total. The van der Waals surface area contributed by atoms with Gasteiger partial charge in [-0.15, -0.1) is 0 Å². The molecule has 7 heteroatoms. The van der Waals surface area contributed by atoms with Gasteiger partial charge in [0.1, 0.15) is 11.5 Å². The topological polar surface area (TPSA) is 73.6 Å². The number of hydrogen-bond donors (Lipinski definition) is 1. The molecule has 180 valence electrons. The molecular weight excluding hydrogens is 447 g/mol. The minimum absolute atomic E-state index is 0.195. The first-order valence-electron chi connectivity index (χ1n) is 11.3. The lowest BCUT2D eigenvalue weighted by molar-refractivity contribution is 0.393. The molecule has 35 heavy (non-hydrogen) atoms. The van der Waals surface area contributed by atoms with Crippen LogP contribution in [0, 0.1) is 12.7 Å². The molecule has 0 aliphatic heterocycles. The van der Waals surface area contributed by atoms with Crippen molar-refractivity contribution in [3.8, 4) is 28.4 Å². The average Bonchev–Trinajstić information content (AvgIpc) is 2.87. The Morgan fingerprint density at radius 3 is 2.26 bits per heavy atom. The minimum atomic E-state index is -0.747. The zero-order chi connectivity index (χ0) is 24.9. The third-order valence-electron chi connectivity index (χ3n) is 5.93. The molecule has 0 spiro atoms. The van der Waals surface area contributed by atoms with Gasteiger partial charge in [-0.05, 0) is 49.1 Å². The van der Waals surface area contributed by atoms with Crippen LogP contribution in [-0.2, 0) is 19.4 Å². The monoisotopic (exact) mass is 474 g/mol. The van der Waals surface area contributed by atoms with Gasteiger partial charge in [0.15, 0.2) is 11.6 Å². The van der Waals surface area contributed by atoms with Gasteiger partial charge < -0.3 is 14.6 Å². The number of benzene rings is 3. The van der Waals surface area contributed by atoms with Crippen molar-refractivity contribution >= 4 is 0 Å². The van der Waals surface area contributed by atoms with Crippen LogP contribution in [0.15, 0.2) is 71.5 Å². The zero-order valence-corrected chi connectivity index (χ0v) is 19.9. The van der Waals surface area contributed by atoms with Crippen molar-refractivity contribution in [2.24, 2.45) is 0 Å². The Balaban J connectivity index is 1.83. The van der Waals surface area contributed by atoms with Crippen LogP contribution in [0.4, 0.5) is 4.39 Å². The third-order valence-corrected chi connectivity index (χ3v) is 5.93. The molecule has 4 rings (SSSR count). The molecule has 0 aliphatic rings. The summed E-state index contributed by atoms with van der Waals surface area (Å²) in [5, 5.41) is 15.0. The maximum atomic E-state index is 14.2. The molecular formula is C28H27FN2O4. The second kappa shape index (κ2) is 10.4. The predicted octanol–water partition coefficient (Wildman–Crippen LogP) is 4.91. The van der Waals surface area contributed by atoms with E-state index in [1.54, 1.807) is 33.3 Å². The number of phenols is 1. The first kappa shape index (κ1) is 24.0. The van der Waals surface area contributed by atoms with Crippen LogP contribution < -0.4 is 15.0 Å². The molecule has 0 atom stereocenters. The van der Waals surface area contributed by atoms with Crippen molar-refractivity contribution in [2.45, 2.75) is 26.3 Å². The molecule has 4 aromatic rings. The number of aryl methyl sites for hydroxylation is 2. The largest absolute Gasteiger partial charge is 0.504 e. The Kier molecular flexibility index (Phi) is 7.15. The Hall–Kier alpha value is -4.13. The van der Waals surface area contributed by atoms with Gasteiger partial charge in [-0.2, -0.15) is 5.10 Å². The summed E-state index contributed by atoms with van der Waals surface area (Å²) in [4.78, 5) is 13.7. The maximum absolute atomic E-state index is 14.2. The van der Waals surface area contributed by atoms with Gasteiger partial charge in [-0.3, -0.25) is 4.79 Å². The van der Waals surface area contributed by atoms with Gasteiger partial charge in [0, 0.05) is 22.8 Å². The highest BCUT2D eigenvalue weighted by molar-refractivity contribution is 5.74. The first-order valence-corrected chi connectivity index (χ1v) is 11.3. The summed E-state index contributed by atoms with van der Waals surface area (Å²) in [6, 6.07) is 19.5. The number of nitrogens with zero attached hydrogens (tertiary/aromatic N) is 2. The molecule has 0 unspecified atom stereocenters. The number of methoxy groups -OCH3 is 2. The summed E-state index contributed by atoms with van der Waals surface area (Å²) < 4.78 is 26.3. The maximum Gasteiger partial charge on any atom is 0.270 e. The third kappa shape index (κ3) is 5.19. The normalized spacial score (nSPS) is 10.9. The molecule has 0 radical (unpaired) electrons. The van der Waals surface area contributed by atoms with Gasteiger partial charge >= 0.3 is 0 Å². The summed E-state index contributed by atoms with van der Waals surface area (Å²) in [6.07, 6.45) is 1.01. The van der Waals surface area contributed by atoms with E-state index in [0.29, 0.717) is 41.2 Å². The van der Waals surface area contributed by atoms with Crippen LogP contribution in [0.5, 0.6) is 17.2 Å². The highest BCUT2D eigenvalue weighted by Crippen LogP contribution is 2.34. The molecule has 1 aromatic heterocycles. The highest BCUT2D eigenvalue weighted by Gasteiger charge is 2.21. The smallest absolute Gasteiger partial charge is 0.270 e. The van der Waals surface area contributed by atoms with Crippen molar-refractivity contribution in [2.75, 3.05) is 14.2 Å². The van der Waals surface area contributed by atoms with Crippen LogP contribution in [0.1, 0.15) is 22.4 Å². The minimum Gasteiger partial charge on any atom is -0.504 e. The Bertz CT molecular complexity index is 1380. The van der Waals surface area contributed by atoms with E-state index in [0.717, 1.165) is 11.1 Å². The lowest BCUT2D eigenvalue weighted by Crippen LogP contribution is -2.29. The standard InChI is InChI=1S/C28H27FN2O4/c1-18-26(23-10-7-11-25(29)27(23)32)24(13-12-19-8-5-4-6-9-19)28(33)31(30-18)17-20-14-21(34-2)16-22(15-20)35-3/h4-11,14-16,32H,12-13,17H2,1-3H3. The van der Waals surface area contributed by atoms with Gasteiger partial charge in [0.2, 0.25) is 0 Å². The molecule has 0 saturated heterocycles. The summed E-state index contributed by atoms with van der Waals surface area (Å²) in [5.41, 5.74) is 3.26. The lowest BCUT2D eigenvalue weighted by atomic mass is 9.94. The quantitative estimate of drug-likeness (QED) is 0.393. The van der Waals surface area contributed by atoms with Crippen molar-refractivity contribution in [3.63, 3.8) is 0 Å². The summed E-state index contributed by atoms with van der Waals surface area (Å²) in [5.74, 6) is -0.0268. The van der Waals surface area contributed by atoms with E-state index >= 15 is 0 Å². The summed E-state index contributed by atoms with van der Waals surface area (Å²) in [6.45, 7) is 1.95. The van der Waals surface area contributed by atoms with E-state index in [-0.39, 0.29) is 17.7 Å². The van der Waals surface area contributed by atoms with Crippen LogP contribution in [-0.4, -0.2) is 29.1 Å². The Morgan fingerprint density at radius 2 is 1.60 bits per heavy atom. The van der Waals surface area contributed by atoms with E-state index in [9.17, 15) is 14.3 Å². The number of rotatable bonds is 8. The number of halogens is 1. The highest BCUT2D eigenvalue weighted by atomic mass is 19.1. The number of aromatic hydroxyl groups is 1. The first-order chi connectivity index (χ1) is 16.9. The molecule has 0 bridgehead atoms. The second-order valence-corrected chi connectivity index (χ2v) is 8.24. The van der Waals surface area contributed by atoms with E-state index < -0.39 is 11.6 Å². The number of phenolic OH excluding ortho intramolecular Hbond substituents is 1. The van der Waals surface area contributed by atoms with Gasteiger partial charge in [0.25, 0.3) is 5.56 Å². The predicted molar refractivity (Wildman–Crippen MR) is 133 cm³/mol. The fourth-order valence-corrected chi connectivity index (χ4v) is 4.22. The second-order valence-electron chi connectivity index (χ2n) is 8.24. The van der Waals surface area contributed by atoms with E-state index in [1.807, 2.05) is 42.5 Å².